The number of carbonyl (C=O) groups is 2. The van der Waals surface area contributed by atoms with Crippen molar-refractivity contribution >= 4 is 23.4 Å². The van der Waals surface area contributed by atoms with Crippen molar-refractivity contribution < 1.29 is 18.7 Å². The van der Waals surface area contributed by atoms with Crippen LogP contribution in [0.3, 0.4) is 0 Å². The number of nitrogens with one attached hydrogen (secondary N) is 2. The van der Waals surface area contributed by atoms with E-state index in [2.05, 4.69) is 10.9 Å². The summed E-state index contributed by atoms with van der Waals surface area (Å²) in [5.74, 6) is -1.00. The van der Waals surface area contributed by atoms with Gasteiger partial charge in [-0.1, -0.05) is 17.7 Å². The molecule has 126 valence electrons. The summed E-state index contributed by atoms with van der Waals surface area (Å²) >= 11 is 5.85. The van der Waals surface area contributed by atoms with E-state index in [0.717, 1.165) is 0 Å². The molecule has 2 N–H and O–H groups in total. The molecule has 2 aromatic rings. The first-order chi connectivity index (χ1) is 11.5. The third-order valence-corrected chi connectivity index (χ3v) is 3.50. The summed E-state index contributed by atoms with van der Waals surface area (Å²) in [5, 5.41) is 0.156. The lowest BCUT2D eigenvalue weighted by Gasteiger charge is -2.09. The molecule has 0 aliphatic heterocycles. The lowest BCUT2D eigenvalue weighted by Crippen LogP contribution is -2.42. The van der Waals surface area contributed by atoms with Gasteiger partial charge in [0.2, 0.25) is 5.91 Å². The van der Waals surface area contributed by atoms with Crippen LogP contribution in [0.15, 0.2) is 42.5 Å². The van der Waals surface area contributed by atoms with Gasteiger partial charge in [-0.15, -0.1) is 0 Å². The Bertz CT molecular complexity index is 715. The van der Waals surface area contributed by atoms with E-state index >= 15 is 0 Å². The highest BCUT2D eigenvalue weighted by molar-refractivity contribution is 6.31. The zero-order chi connectivity index (χ0) is 17.5. The summed E-state index contributed by atoms with van der Waals surface area (Å²) in [6.45, 7) is 2.39. The molecular weight excluding hydrogens is 335 g/mol. The predicted octanol–water partition coefficient (Wildman–Crippen LogP) is 2.88. The monoisotopic (exact) mass is 350 g/mol. The van der Waals surface area contributed by atoms with E-state index < -0.39 is 17.6 Å². The Labute approximate surface area is 143 Å². The van der Waals surface area contributed by atoms with Gasteiger partial charge in [0, 0.05) is 16.1 Å². The maximum atomic E-state index is 13.6. The highest BCUT2D eigenvalue weighted by Gasteiger charge is 2.13. The van der Waals surface area contributed by atoms with Crippen molar-refractivity contribution in [2.45, 2.75) is 13.3 Å². The Balaban J connectivity index is 1.90. The van der Waals surface area contributed by atoms with Crippen LogP contribution in [-0.4, -0.2) is 18.4 Å². The van der Waals surface area contributed by atoms with Crippen LogP contribution in [0.2, 0.25) is 5.02 Å². The number of halogens is 2. The lowest BCUT2D eigenvalue weighted by molar-refractivity contribution is -0.121. The molecule has 0 bridgehead atoms. The number of benzene rings is 2. The summed E-state index contributed by atoms with van der Waals surface area (Å²) in [4.78, 5) is 23.8. The third-order valence-electron chi connectivity index (χ3n) is 3.14. The van der Waals surface area contributed by atoms with Gasteiger partial charge < -0.3 is 4.74 Å². The summed E-state index contributed by atoms with van der Waals surface area (Å²) in [5.41, 5.74) is 4.92. The van der Waals surface area contributed by atoms with Crippen molar-refractivity contribution in [3.8, 4) is 5.75 Å². The first-order valence-corrected chi connectivity index (χ1v) is 7.64. The van der Waals surface area contributed by atoms with E-state index in [1.807, 2.05) is 6.92 Å². The molecule has 0 fully saturated rings. The first-order valence-electron chi connectivity index (χ1n) is 7.26. The number of hydrazine groups is 1. The molecule has 0 aliphatic rings. The van der Waals surface area contributed by atoms with Crippen molar-refractivity contribution in [1.82, 2.24) is 10.9 Å². The van der Waals surface area contributed by atoms with Gasteiger partial charge in [-0.3, -0.25) is 20.4 Å². The van der Waals surface area contributed by atoms with E-state index in [-0.39, 0.29) is 17.0 Å². The van der Waals surface area contributed by atoms with E-state index in [0.29, 0.717) is 17.9 Å². The maximum absolute atomic E-state index is 13.6. The van der Waals surface area contributed by atoms with Crippen molar-refractivity contribution in [3.05, 3.63) is 64.4 Å². The minimum absolute atomic E-state index is 0.0759. The summed E-state index contributed by atoms with van der Waals surface area (Å²) in [6, 6.07) is 10.6. The maximum Gasteiger partial charge on any atom is 0.269 e. The normalized spacial score (nSPS) is 10.1. The molecule has 0 saturated heterocycles. The van der Waals surface area contributed by atoms with Crippen molar-refractivity contribution in [2.75, 3.05) is 6.61 Å². The number of ether oxygens (including phenoxy) is 1. The van der Waals surface area contributed by atoms with Gasteiger partial charge in [0.15, 0.2) is 0 Å². The highest BCUT2D eigenvalue weighted by atomic mass is 35.5. The molecule has 0 aromatic heterocycles. The molecule has 0 spiro atoms. The molecule has 5 nitrogen and oxygen atoms in total. The van der Waals surface area contributed by atoms with Crippen molar-refractivity contribution in [3.63, 3.8) is 0 Å². The van der Waals surface area contributed by atoms with Gasteiger partial charge >= 0.3 is 0 Å². The Morgan fingerprint density at radius 1 is 1.12 bits per heavy atom. The molecule has 24 heavy (non-hydrogen) atoms. The summed E-state index contributed by atoms with van der Waals surface area (Å²) < 4.78 is 18.9. The second kappa shape index (κ2) is 8.31. The quantitative estimate of drug-likeness (QED) is 0.815. The second-order valence-corrected chi connectivity index (χ2v) is 5.24. The van der Waals surface area contributed by atoms with Crippen LogP contribution >= 0.6 is 11.6 Å². The topological polar surface area (TPSA) is 67.4 Å². The van der Waals surface area contributed by atoms with E-state index in [9.17, 15) is 14.0 Å². The molecular formula is C17H16ClFN2O3. The van der Waals surface area contributed by atoms with Crippen LogP contribution in [0.4, 0.5) is 4.39 Å². The highest BCUT2D eigenvalue weighted by Crippen LogP contribution is 2.19. The largest absolute Gasteiger partial charge is 0.494 e. The Hall–Kier alpha value is -2.60. The fourth-order valence-corrected chi connectivity index (χ4v) is 2.20. The summed E-state index contributed by atoms with van der Waals surface area (Å²) in [7, 11) is 0. The Kier molecular flexibility index (Phi) is 6.14. The van der Waals surface area contributed by atoms with Gasteiger partial charge in [0.05, 0.1) is 13.0 Å². The standard InChI is InChI=1S/C17H16ClFN2O3/c1-2-24-12-8-6-11(7-9-12)17(23)21-20-16(22)10-13-14(18)4-3-5-15(13)19/h3-9H,2,10H2,1H3,(H,20,22)(H,21,23). The lowest BCUT2D eigenvalue weighted by atomic mass is 10.1. The Morgan fingerprint density at radius 3 is 2.46 bits per heavy atom. The van der Waals surface area contributed by atoms with Gasteiger partial charge in [-0.25, -0.2) is 4.39 Å². The average Bonchev–Trinajstić information content (AvgIpc) is 2.57. The molecule has 0 aliphatic carbocycles. The zero-order valence-electron chi connectivity index (χ0n) is 12.9. The molecule has 2 rings (SSSR count). The van der Waals surface area contributed by atoms with Crippen LogP contribution in [0.1, 0.15) is 22.8 Å². The predicted molar refractivity (Wildman–Crippen MR) is 88.3 cm³/mol. The smallest absolute Gasteiger partial charge is 0.269 e. The van der Waals surface area contributed by atoms with Crippen LogP contribution in [-0.2, 0) is 11.2 Å². The van der Waals surface area contributed by atoms with Gasteiger partial charge in [-0.2, -0.15) is 0 Å². The second-order valence-electron chi connectivity index (χ2n) is 4.84. The fourth-order valence-electron chi connectivity index (χ4n) is 1.97. The molecule has 0 heterocycles. The minimum atomic E-state index is -0.582. The minimum Gasteiger partial charge on any atom is -0.494 e. The number of hydrogen-bond acceptors (Lipinski definition) is 3. The van der Waals surface area contributed by atoms with E-state index in [1.165, 1.54) is 18.2 Å². The van der Waals surface area contributed by atoms with Gasteiger partial charge in [0.1, 0.15) is 11.6 Å². The number of carbonyl (C=O) groups excluding carboxylic acids is 2. The van der Waals surface area contributed by atoms with Gasteiger partial charge in [-0.05, 0) is 43.3 Å². The molecule has 2 aromatic carbocycles. The molecule has 2 amide bonds. The third kappa shape index (κ3) is 4.70. The van der Waals surface area contributed by atoms with Crippen LogP contribution in [0.25, 0.3) is 0 Å². The van der Waals surface area contributed by atoms with E-state index in [1.54, 1.807) is 24.3 Å². The van der Waals surface area contributed by atoms with Crippen molar-refractivity contribution in [2.24, 2.45) is 0 Å². The summed E-state index contributed by atoms with van der Waals surface area (Å²) in [6.07, 6.45) is -0.283. The SMILES string of the molecule is CCOc1ccc(C(=O)NNC(=O)Cc2c(F)cccc2Cl)cc1. The number of amides is 2. The number of hydrogen-bond donors (Lipinski definition) is 2. The number of rotatable bonds is 5. The van der Waals surface area contributed by atoms with Crippen LogP contribution < -0.4 is 15.6 Å². The molecule has 0 atom stereocenters. The van der Waals surface area contributed by atoms with Crippen molar-refractivity contribution in [1.29, 1.82) is 0 Å². The van der Waals surface area contributed by atoms with Crippen LogP contribution in [0.5, 0.6) is 5.75 Å². The fraction of sp³-hybridized carbons (Fsp3) is 0.176. The first kappa shape index (κ1) is 17.7. The molecule has 0 saturated carbocycles. The molecule has 7 heteroatoms. The van der Waals surface area contributed by atoms with Crippen LogP contribution in [0, 0.1) is 5.82 Å². The molecule has 0 radical (unpaired) electrons. The Morgan fingerprint density at radius 2 is 1.83 bits per heavy atom. The molecule has 0 unspecified atom stereocenters. The average molecular weight is 351 g/mol. The van der Waals surface area contributed by atoms with Gasteiger partial charge in [0.25, 0.3) is 5.91 Å². The zero-order valence-corrected chi connectivity index (χ0v) is 13.7. The van der Waals surface area contributed by atoms with E-state index in [4.69, 9.17) is 16.3 Å².